The fourth-order valence-corrected chi connectivity index (χ4v) is 5.22. The standard InChI is InChI=1S/C24H29N3/c25-19-9-11-21(12-10-19)27-17-23(22-7-3-4-8-24(22)27)18-13-15-26(16-14-18)20-5-1-2-6-20/h3-4,7-12,17-18,20H,1-2,5-6,13-16,25H2. The lowest BCUT2D eigenvalue weighted by molar-refractivity contribution is 0.154. The van der Waals surface area contributed by atoms with Crippen molar-refractivity contribution in [1.82, 2.24) is 9.47 Å². The van der Waals surface area contributed by atoms with Crippen LogP contribution in [0, 0.1) is 0 Å². The highest BCUT2D eigenvalue weighted by Crippen LogP contribution is 2.37. The topological polar surface area (TPSA) is 34.2 Å². The number of nitrogen functional groups attached to an aromatic ring is 1. The summed E-state index contributed by atoms with van der Waals surface area (Å²) in [7, 11) is 0. The SMILES string of the molecule is Nc1ccc(-n2cc(C3CCN(C4CCCC4)CC3)c3ccccc32)cc1. The van der Waals surface area contributed by atoms with Crippen molar-refractivity contribution >= 4 is 16.6 Å². The lowest BCUT2D eigenvalue weighted by atomic mass is 9.88. The van der Waals surface area contributed by atoms with Crippen LogP contribution in [0.25, 0.3) is 16.6 Å². The number of hydrogen-bond acceptors (Lipinski definition) is 2. The van der Waals surface area contributed by atoms with Gasteiger partial charge in [-0.25, -0.2) is 0 Å². The van der Waals surface area contributed by atoms with Crippen LogP contribution in [0.1, 0.15) is 50.0 Å². The molecule has 1 saturated carbocycles. The molecule has 1 aliphatic carbocycles. The molecule has 5 rings (SSSR count). The van der Waals surface area contributed by atoms with Gasteiger partial charge in [0.2, 0.25) is 0 Å². The fourth-order valence-electron chi connectivity index (χ4n) is 5.22. The van der Waals surface area contributed by atoms with E-state index in [1.165, 1.54) is 73.8 Å². The molecule has 1 aromatic heterocycles. The predicted molar refractivity (Wildman–Crippen MR) is 113 cm³/mol. The summed E-state index contributed by atoms with van der Waals surface area (Å²) in [4.78, 5) is 2.77. The normalized spacial score (nSPS) is 19.9. The van der Waals surface area contributed by atoms with Gasteiger partial charge in [0.15, 0.2) is 0 Å². The first-order chi connectivity index (χ1) is 13.3. The van der Waals surface area contributed by atoms with Crippen molar-refractivity contribution in [2.75, 3.05) is 18.8 Å². The minimum absolute atomic E-state index is 0.669. The number of likely N-dealkylation sites (tertiary alicyclic amines) is 1. The maximum Gasteiger partial charge on any atom is 0.0531 e. The van der Waals surface area contributed by atoms with Gasteiger partial charge in [-0.3, -0.25) is 0 Å². The van der Waals surface area contributed by atoms with Crippen LogP contribution in [0.5, 0.6) is 0 Å². The molecule has 0 unspecified atom stereocenters. The quantitative estimate of drug-likeness (QED) is 0.641. The van der Waals surface area contributed by atoms with E-state index in [1.54, 1.807) is 0 Å². The molecular formula is C24H29N3. The van der Waals surface area contributed by atoms with E-state index >= 15 is 0 Å². The van der Waals surface area contributed by atoms with Crippen molar-refractivity contribution < 1.29 is 0 Å². The Labute approximate surface area is 161 Å². The van der Waals surface area contributed by atoms with Crippen molar-refractivity contribution in [2.45, 2.75) is 50.5 Å². The molecule has 0 bridgehead atoms. The van der Waals surface area contributed by atoms with Crippen LogP contribution < -0.4 is 5.73 Å². The van der Waals surface area contributed by atoms with Crippen LogP contribution in [0.15, 0.2) is 54.7 Å². The summed E-state index contributed by atoms with van der Waals surface area (Å²) in [5.41, 5.74) is 10.7. The average Bonchev–Trinajstić information content (AvgIpc) is 3.37. The van der Waals surface area contributed by atoms with Crippen LogP contribution in [-0.4, -0.2) is 28.6 Å². The number of benzene rings is 2. The van der Waals surface area contributed by atoms with Crippen molar-refractivity contribution in [3.8, 4) is 5.69 Å². The number of nitrogens with zero attached hydrogens (tertiary/aromatic N) is 2. The summed E-state index contributed by atoms with van der Waals surface area (Å²) in [5, 5.41) is 1.41. The first kappa shape index (κ1) is 16.9. The molecule has 3 heteroatoms. The Morgan fingerprint density at radius 3 is 2.26 bits per heavy atom. The maximum absolute atomic E-state index is 5.89. The maximum atomic E-state index is 5.89. The second-order valence-corrected chi connectivity index (χ2v) is 8.31. The van der Waals surface area contributed by atoms with Crippen molar-refractivity contribution in [1.29, 1.82) is 0 Å². The van der Waals surface area contributed by atoms with Gasteiger partial charge in [-0.15, -0.1) is 0 Å². The van der Waals surface area contributed by atoms with Gasteiger partial charge in [-0.05, 0) is 80.6 Å². The van der Waals surface area contributed by atoms with Gasteiger partial charge < -0.3 is 15.2 Å². The first-order valence-corrected chi connectivity index (χ1v) is 10.5. The van der Waals surface area contributed by atoms with E-state index in [0.29, 0.717) is 5.92 Å². The summed E-state index contributed by atoms with van der Waals surface area (Å²) in [6.07, 6.45) is 10.6. The van der Waals surface area contributed by atoms with E-state index in [0.717, 1.165) is 11.7 Å². The Kier molecular flexibility index (Phi) is 4.41. The zero-order valence-corrected chi connectivity index (χ0v) is 16.0. The predicted octanol–water partition coefficient (Wildman–Crippen LogP) is 5.33. The van der Waals surface area contributed by atoms with Crippen LogP contribution in [0.2, 0.25) is 0 Å². The molecule has 140 valence electrons. The Bertz CT molecular complexity index is 910. The third kappa shape index (κ3) is 3.14. The summed E-state index contributed by atoms with van der Waals surface area (Å²) in [5.74, 6) is 0.669. The Morgan fingerprint density at radius 1 is 0.815 bits per heavy atom. The molecule has 2 aliphatic rings. The number of fused-ring (bicyclic) bond motifs is 1. The molecule has 0 radical (unpaired) electrons. The third-order valence-corrected chi connectivity index (χ3v) is 6.72. The zero-order valence-electron chi connectivity index (χ0n) is 16.0. The Morgan fingerprint density at radius 2 is 1.52 bits per heavy atom. The van der Waals surface area contributed by atoms with Crippen molar-refractivity contribution in [2.24, 2.45) is 0 Å². The fraction of sp³-hybridized carbons (Fsp3) is 0.417. The molecule has 3 aromatic rings. The molecule has 1 aliphatic heterocycles. The monoisotopic (exact) mass is 359 g/mol. The van der Waals surface area contributed by atoms with Gasteiger partial charge in [-0.2, -0.15) is 0 Å². The molecular weight excluding hydrogens is 330 g/mol. The Balaban J connectivity index is 1.44. The van der Waals surface area contributed by atoms with Crippen LogP contribution in [-0.2, 0) is 0 Å². The molecule has 2 N–H and O–H groups in total. The molecule has 3 nitrogen and oxygen atoms in total. The highest BCUT2D eigenvalue weighted by atomic mass is 15.2. The molecule has 2 fully saturated rings. The molecule has 0 spiro atoms. The number of piperidine rings is 1. The van der Waals surface area contributed by atoms with E-state index in [1.807, 2.05) is 12.1 Å². The second kappa shape index (κ2) is 7.05. The highest BCUT2D eigenvalue weighted by Gasteiger charge is 2.29. The molecule has 0 amide bonds. The van der Waals surface area contributed by atoms with Crippen LogP contribution in [0.3, 0.4) is 0 Å². The van der Waals surface area contributed by atoms with Gasteiger partial charge >= 0.3 is 0 Å². The summed E-state index contributed by atoms with van der Waals surface area (Å²) in [6.45, 7) is 2.52. The van der Waals surface area contributed by atoms with E-state index in [-0.39, 0.29) is 0 Å². The van der Waals surface area contributed by atoms with Crippen molar-refractivity contribution in [3.63, 3.8) is 0 Å². The van der Waals surface area contributed by atoms with Gasteiger partial charge in [0.1, 0.15) is 0 Å². The van der Waals surface area contributed by atoms with E-state index in [2.05, 4.69) is 52.1 Å². The summed E-state index contributed by atoms with van der Waals surface area (Å²) in [6, 6.07) is 17.9. The van der Waals surface area contributed by atoms with Gasteiger partial charge in [0.25, 0.3) is 0 Å². The van der Waals surface area contributed by atoms with E-state index in [4.69, 9.17) is 5.73 Å². The number of aromatic nitrogens is 1. The van der Waals surface area contributed by atoms with Crippen LogP contribution in [0.4, 0.5) is 5.69 Å². The lowest BCUT2D eigenvalue weighted by Gasteiger charge is -2.36. The first-order valence-electron chi connectivity index (χ1n) is 10.5. The highest BCUT2D eigenvalue weighted by molar-refractivity contribution is 5.86. The van der Waals surface area contributed by atoms with Crippen LogP contribution >= 0.6 is 0 Å². The largest absolute Gasteiger partial charge is 0.399 e. The smallest absolute Gasteiger partial charge is 0.0531 e. The number of anilines is 1. The van der Waals surface area contributed by atoms with Gasteiger partial charge in [-0.1, -0.05) is 31.0 Å². The number of hydrogen-bond donors (Lipinski definition) is 1. The van der Waals surface area contributed by atoms with Gasteiger partial charge in [0, 0.05) is 29.0 Å². The molecule has 27 heavy (non-hydrogen) atoms. The number of para-hydroxylation sites is 1. The second-order valence-electron chi connectivity index (χ2n) is 8.31. The molecule has 2 aromatic carbocycles. The molecule has 2 heterocycles. The number of rotatable bonds is 3. The summed E-state index contributed by atoms with van der Waals surface area (Å²) < 4.78 is 2.34. The Hall–Kier alpha value is -2.26. The molecule has 1 saturated heterocycles. The minimum atomic E-state index is 0.669. The van der Waals surface area contributed by atoms with E-state index < -0.39 is 0 Å². The summed E-state index contributed by atoms with van der Waals surface area (Å²) >= 11 is 0. The van der Waals surface area contributed by atoms with E-state index in [9.17, 15) is 0 Å². The third-order valence-electron chi connectivity index (χ3n) is 6.72. The van der Waals surface area contributed by atoms with Crippen molar-refractivity contribution in [3.05, 3.63) is 60.3 Å². The average molecular weight is 360 g/mol. The minimum Gasteiger partial charge on any atom is -0.399 e. The zero-order chi connectivity index (χ0) is 18.2. The number of nitrogens with two attached hydrogens (primary N) is 1. The lowest BCUT2D eigenvalue weighted by Crippen LogP contribution is -2.39. The van der Waals surface area contributed by atoms with Gasteiger partial charge in [0.05, 0.1) is 5.52 Å². The molecule has 0 atom stereocenters.